The van der Waals surface area contributed by atoms with E-state index >= 15 is 0 Å². The maximum Gasteiger partial charge on any atom is 0.310 e. The SMILES string of the molecule is O=C(O)C1CN(c2cc(NCC3CC3)ncn2)C1. The largest absolute Gasteiger partial charge is 0.481 e. The minimum atomic E-state index is -0.729. The number of nitrogens with one attached hydrogen (secondary N) is 1. The van der Waals surface area contributed by atoms with Crippen molar-refractivity contribution in [3.63, 3.8) is 0 Å². The highest BCUT2D eigenvalue weighted by Gasteiger charge is 2.33. The Labute approximate surface area is 105 Å². The van der Waals surface area contributed by atoms with Gasteiger partial charge in [0.05, 0.1) is 5.92 Å². The van der Waals surface area contributed by atoms with Crippen molar-refractivity contribution in [3.05, 3.63) is 12.4 Å². The van der Waals surface area contributed by atoms with Gasteiger partial charge in [0, 0.05) is 25.7 Å². The second kappa shape index (κ2) is 4.44. The molecule has 1 aliphatic heterocycles. The van der Waals surface area contributed by atoms with Crippen molar-refractivity contribution < 1.29 is 9.90 Å². The van der Waals surface area contributed by atoms with E-state index in [4.69, 9.17) is 5.11 Å². The van der Waals surface area contributed by atoms with E-state index in [9.17, 15) is 4.79 Å². The Morgan fingerprint density at radius 3 is 2.89 bits per heavy atom. The Hall–Kier alpha value is -1.85. The van der Waals surface area contributed by atoms with Crippen LogP contribution in [0.15, 0.2) is 12.4 Å². The molecule has 3 rings (SSSR count). The van der Waals surface area contributed by atoms with E-state index in [-0.39, 0.29) is 5.92 Å². The average Bonchev–Trinajstić information content (AvgIpc) is 3.08. The molecule has 0 amide bonds. The summed E-state index contributed by atoms with van der Waals surface area (Å²) in [6.45, 7) is 2.04. The van der Waals surface area contributed by atoms with Gasteiger partial charge in [-0.1, -0.05) is 0 Å². The van der Waals surface area contributed by atoms with Crippen molar-refractivity contribution in [2.45, 2.75) is 12.8 Å². The van der Waals surface area contributed by atoms with E-state index < -0.39 is 5.97 Å². The molecule has 2 heterocycles. The third-order valence-corrected chi connectivity index (χ3v) is 3.48. The number of nitrogens with zero attached hydrogens (tertiary/aromatic N) is 3. The van der Waals surface area contributed by atoms with Gasteiger partial charge < -0.3 is 15.3 Å². The zero-order valence-corrected chi connectivity index (χ0v) is 10.0. The van der Waals surface area contributed by atoms with Crippen LogP contribution in [0.2, 0.25) is 0 Å². The van der Waals surface area contributed by atoms with Gasteiger partial charge in [0.1, 0.15) is 18.0 Å². The Balaban J connectivity index is 1.58. The monoisotopic (exact) mass is 248 g/mol. The van der Waals surface area contributed by atoms with Gasteiger partial charge in [-0.05, 0) is 18.8 Å². The Kier molecular flexibility index (Phi) is 2.77. The van der Waals surface area contributed by atoms with E-state index in [0.29, 0.717) is 13.1 Å². The molecule has 6 heteroatoms. The molecule has 2 fully saturated rings. The number of aromatic nitrogens is 2. The van der Waals surface area contributed by atoms with Crippen LogP contribution in [0.3, 0.4) is 0 Å². The molecule has 18 heavy (non-hydrogen) atoms. The first-order valence-electron chi connectivity index (χ1n) is 6.26. The zero-order valence-electron chi connectivity index (χ0n) is 10.0. The lowest BCUT2D eigenvalue weighted by atomic mass is 10.0. The molecule has 0 radical (unpaired) electrons. The first-order chi connectivity index (χ1) is 8.72. The van der Waals surface area contributed by atoms with Crippen LogP contribution in [0.25, 0.3) is 0 Å². The topological polar surface area (TPSA) is 78.4 Å². The van der Waals surface area contributed by atoms with Crippen LogP contribution in [0.5, 0.6) is 0 Å². The predicted octanol–water partition coefficient (Wildman–Crippen LogP) is 0.819. The van der Waals surface area contributed by atoms with E-state index in [1.165, 1.54) is 19.2 Å². The van der Waals surface area contributed by atoms with E-state index in [2.05, 4.69) is 15.3 Å². The number of carboxylic acids is 1. The molecule has 0 atom stereocenters. The molecule has 0 bridgehead atoms. The van der Waals surface area contributed by atoms with Gasteiger partial charge in [0.15, 0.2) is 0 Å². The van der Waals surface area contributed by atoms with Crippen molar-refractivity contribution in [3.8, 4) is 0 Å². The lowest BCUT2D eigenvalue weighted by molar-refractivity contribution is -0.142. The third-order valence-electron chi connectivity index (χ3n) is 3.48. The molecule has 2 N–H and O–H groups in total. The fraction of sp³-hybridized carbons (Fsp3) is 0.583. The maximum atomic E-state index is 10.7. The van der Waals surface area contributed by atoms with Crippen molar-refractivity contribution in [2.24, 2.45) is 11.8 Å². The molecule has 1 aromatic rings. The zero-order chi connectivity index (χ0) is 12.5. The summed E-state index contributed by atoms with van der Waals surface area (Å²) in [4.78, 5) is 21.0. The first-order valence-corrected chi connectivity index (χ1v) is 6.26. The Morgan fingerprint density at radius 1 is 1.44 bits per heavy atom. The van der Waals surface area contributed by atoms with Crippen LogP contribution in [-0.2, 0) is 4.79 Å². The molecular formula is C12H16N4O2. The molecule has 0 aromatic carbocycles. The standard InChI is InChI=1S/C12H16N4O2/c17-12(18)9-5-16(6-9)11-3-10(14-7-15-11)13-4-8-1-2-8/h3,7-9H,1-2,4-6H2,(H,17,18)(H,13,14,15). The molecule has 1 saturated carbocycles. The van der Waals surface area contributed by atoms with Crippen molar-refractivity contribution in [1.29, 1.82) is 0 Å². The highest BCUT2D eigenvalue weighted by molar-refractivity contribution is 5.74. The summed E-state index contributed by atoms with van der Waals surface area (Å²) in [5.41, 5.74) is 0. The summed E-state index contributed by atoms with van der Waals surface area (Å²) in [6, 6.07) is 1.89. The first kappa shape index (κ1) is 11.3. The minimum Gasteiger partial charge on any atom is -0.481 e. The Morgan fingerprint density at radius 2 is 2.22 bits per heavy atom. The van der Waals surface area contributed by atoms with Gasteiger partial charge >= 0.3 is 5.97 Å². The maximum absolute atomic E-state index is 10.7. The number of hydrogen-bond acceptors (Lipinski definition) is 5. The predicted molar refractivity (Wildman–Crippen MR) is 66.6 cm³/mol. The fourth-order valence-electron chi connectivity index (χ4n) is 2.01. The summed E-state index contributed by atoms with van der Waals surface area (Å²) in [5.74, 6) is 1.44. The normalized spacial score (nSPS) is 19.4. The van der Waals surface area contributed by atoms with Crippen LogP contribution in [0.1, 0.15) is 12.8 Å². The van der Waals surface area contributed by atoms with Crippen LogP contribution >= 0.6 is 0 Å². The summed E-state index contributed by atoms with van der Waals surface area (Å²) in [7, 11) is 0. The number of anilines is 2. The van der Waals surface area contributed by atoms with Crippen LogP contribution in [0, 0.1) is 11.8 Å². The van der Waals surface area contributed by atoms with Crippen LogP contribution < -0.4 is 10.2 Å². The quantitative estimate of drug-likeness (QED) is 0.803. The van der Waals surface area contributed by atoms with Gasteiger partial charge in [-0.2, -0.15) is 0 Å². The lowest BCUT2D eigenvalue weighted by Crippen LogP contribution is -2.50. The van der Waals surface area contributed by atoms with Crippen LogP contribution in [-0.4, -0.2) is 40.7 Å². The van der Waals surface area contributed by atoms with E-state index in [1.54, 1.807) is 0 Å². The van der Waals surface area contributed by atoms with E-state index in [0.717, 1.165) is 24.1 Å². The molecule has 0 unspecified atom stereocenters. The second-order valence-electron chi connectivity index (χ2n) is 5.03. The smallest absolute Gasteiger partial charge is 0.310 e. The number of carboxylic acid groups (broad SMARTS) is 1. The molecule has 1 aromatic heterocycles. The molecule has 96 valence electrons. The van der Waals surface area contributed by atoms with Gasteiger partial charge in [-0.25, -0.2) is 9.97 Å². The summed E-state index contributed by atoms with van der Waals surface area (Å²) < 4.78 is 0. The van der Waals surface area contributed by atoms with Gasteiger partial charge in [-0.3, -0.25) is 4.79 Å². The summed E-state index contributed by atoms with van der Waals surface area (Å²) in [6.07, 6.45) is 4.13. The molecule has 2 aliphatic rings. The molecule has 1 aliphatic carbocycles. The van der Waals surface area contributed by atoms with Crippen molar-refractivity contribution >= 4 is 17.6 Å². The second-order valence-corrected chi connectivity index (χ2v) is 5.03. The van der Waals surface area contributed by atoms with Gasteiger partial charge in [-0.15, -0.1) is 0 Å². The third kappa shape index (κ3) is 2.37. The number of rotatable bonds is 5. The van der Waals surface area contributed by atoms with Gasteiger partial charge in [0.2, 0.25) is 0 Å². The highest BCUT2D eigenvalue weighted by atomic mass is 16.4. The minimum absolute atomic E-state index is 0.261. The Bertz CT molecular complexity index is 455. The molecular weight excluding hydrogens is 232 g/mol. The number of hydrogen-bond donors (Lipinski definition) is 2. The van der Waals surface area contributed by atoms with Gasteiger partial charge in [0.25, 0.3) is 0 Å². The van der Waals surface area contributed by atoms with Crippen LogP contribution in [0.4, 0.5) is 11.6 Å². The van der Waals surface area contributed by atoms with Crippen molar-refractivity contribution in [2.75, 3.05) is 29.9 Å². The molecule has 6 nitrogen and oxygen atoms in total. The lowest BCUT2D eigenvalue weighted by Gasteiger charge is -2.37. The average molecular weight is 248 g/mol. The highest BCUT2D eigenvalue weighted by Crippen LogP contribution is 2.29. The molecule has 1 saturated heterocycles. The van der Waals surface area contributed by atoms with Crippen molar-refractivity contribution in [1.82, 2.24) is 9.97 Å². The van der Waals surface area contributed by atoms with E-state index in [1.807, 2.05) is 11.0 Å². The number of aliphatic carboxylic acids is 1. The fourth-order valence-corrected chi connectivity index (χ4v) is 2.01. The summed E-state index contributed by atoms with van der Waals surface area (Å²) in [5, 5.41) is 12.1. The molecule has 0 spiro atoms. The number of carbonyl (C=O) groups is 1. The summed E-state index contributed by atoms with van der Waals surface area (Å²) >= 11 is 0.